The van der Waals surface area contributed by atoms with Gasteiger partial charge in [0.05, 0.1) is 9.67 Å². The lowest BCUT2D eigenvalue weighted by Gasteiger charge is -2.10. The molecule has 0 fully saturated rings. The largest absolute Gasteiger partial charge is 0.507 e. The highest BCUT2D eigenvalue weighted by Crippen LogP contribution is 2.26. The molecule has 0 spiro atoms. The van der Waals surface area contributed by atoms with Gasteiger partial charge in [-0.1, -0.05) is 0 Å². The summed E-state index contributed by atoms with van der Waals surface area (Å²) < 4.78 is 1.96. The van der Waals surface area contributed by atoms with Crippen molar-refractivity contribution in [2.45, 2.75) is 19.6 Å². The maximum atomic E-state index is 9.77. The van der Waals surface area contributed by atoms with Crippen LogP contribution < -0.4 is 5.32 Å². The van der Waals surface area contributed by atoms with Crippen molar-refractivity contribution in [2.75, 3.05) is 6.54 Å². The van der Waals surface area contributed by atoms with Gasteiger partial charge in [0.2, 0.25) is 0 Å². The zero-order valence-corrected chi connectivity index (χ0v) is 12.6. The fourth-order valence-corrected chi connectivity index (χ4v) is 3.13. The molecule has 84 valence electrons. The average molecular weight is 433 g/mol. The zero-order chi connectivity index (χ0) is 11.4. The minimum absolute atomic E-state index is 0.328. The third-order valence-corrected chi connectivity index (χ3v) is 3.31. The molecule has 0 aliphatic carbocycles. The lowest BCUT2D eigenvalue weighted by Crippen LogP contribution is -2.23. The number of phenols is 1. The van der Waals surface area contributed by atoms with Crippen molar-refractivity contribution < 1.29 is 10.2 Å². The molecule has 1 aromatic rings. The second-order valence-corrected chi connectivity index (χ2v) is 5.78. The number of hydrogen-bond acceptors (Lipinski definition) is 3. The predicted molar refractivity (Wildman–Crippen MR) is 76.9 cm³/mol. The lowest BCUT2D eigenvalue weighted by atomic mass is 10.2. The normalized spacial score (nSPS) is 12.8. The maximum Gasteiger partial charge on any atom is 0.133 e. The Kier molecular flexibility index (Phi) is 5.58. The number of hydrogen-bond donors (Lipinski definition) is 3. The van der Waals surface area contributed by atoms with Crippen LogP contribution in [0.1, 0.15) is 12.5 Å². The summed E-state index contributed by atoms with van der Waals surface area (Å²) >= 11 is 4.33. The first-order valence-electron chi connectivity index (χ1n) is 4.56. The molecule has 0 aliphatic heterocycles. The quantitative estimate of drug-likeness (QED) is 0.638. The van der Waals surface area contributed by atoms with Gasteiger partial charge in [0, 0.05) is 22.2 Å². The van der Waals surface area contributed by atoms with Crippen LogP contribution in [0.3, 0.4) is 0 Å². The van der Waals surface area contributed by atoms with Crippen LogP contribution in [0.2, 0.25) is 0 Å². The van der Waals surface area contributed by atoms with E-state index in [9.17, 15) is 5.11 Å². The van der Waals surface area contributed by atoms with Crippen LogP contribution >= 0.6 is 45.2 Å². The van der Waals surface area contributed by atoms with E-state index in [2.05, 4.69) is 50.5 Å². The van der Waals surface area contributed by atoms with Gasteiger partial charge in [-0.2, -0.15) is 0 Å². The molecule has 5 heteroatoms. The SMILES string of the molecule is C[C@H](O)CNCc1cc(I)cc(I)c1O. The Hall–Kier alpha value is 0.400. The number of halogens is 2. The highest BCUT2D eigenvalue weighted by Gasteiger charge is 2.07. The summed E-state index contributed by atoms with van der Waals surface area (Å²) in [7, 11) is 0. The molecule has 15 heavy (non-hydrogen) atoms. The van der Waals surface area contributed by atoms with Gasteiger partial charge in [-0.25, -0.2) is 0 Å². The summed E-state index contributed by atoms with van der Waals surface area (Å²) in [6.07, 6.45) is -0.367. The summed E-state index contributed by atoms with van der Waals surface area (Å²) in [5, 5.41) is 21.9. The summed E-state index contributed by atoms with van der Waals surface area (Å²) in [6.45, 7) is 2.83. The van der Waals surface area contributed by atoms with Crippen molar-refractivity contribution in [1.82, 2.24) is 5.32 Å². The van der Waals surface area contributed by atoms with Gasteiger partial charge < -0.3 is 15.5 Å². The molecule has 0 heterocycles. The Labute approximate surface area is 117 Å². The molecule has 0 saturated heterocycles. The summed E-state index contributed by atoms with van der Waals surface area (Å²) in [4.78, 5) is 0. The van der Waals surface area contributed by atoms with Gasteiger partial charge in [0.15, 0.2) is 0 Å². The summed E-state index contributed by atoms with van der Waals surface area (Å²) in [5.74, 6) is 0.328. The van der Waals surface area contributed by atoms with Gasteiger partial charge >= 0.3 is 0 Å². The van der Waals surface area contributed by atoms with E-state index in [1.54, 1.807) is 6.92 Å². The van der Waals surface area contributed by atoms with Crippen LogP contribution in [0.15, 0.2) is 12.1 Å². The van der Waals surface area contributed by atoms with E-state index in [1.807, 2.05) is 12.1 Å². The van der Waals surface area contributed by atoms with Crippen LogP contribution in [-0.2, 0) is 6.54 Å². The molecule has 0 amide bonds. The van der Waals surface area contributed by atoms with E-state index in [1.165, 1.54) is 0 Å². The van der Waals surface area contributed by atoms with Gasteiger partial charge in [-0.05, 0) is 64.2 Å². The van der Waals surface area contributed by atoms with Crippen LogP contribution in [0.25, 0.3) is 0 Å². The minimum atomic E-state index is -0.367. The molecule has 0 saturated carbocycles. The van der Waals surface area contributed by atoms with Crippen molar-refractivity contribution >= 4 is 45.2 Å². The smallest absolute Gasteiger partial charge is 0.133 e. The number of rotatable bonds is 4. The molecule has 1 rings (SSSR count). The Morgan fingerprint density at radius 3 is 2.67 bits per heavy atom. The highest BCUT2D eigenvalue weighted by molar-refractivity contribution is 14.1. The zero-order valence-electron chi connectivity index (χ0n) is 8.30. The van der Waals surface area contributed by atoms with Crippen LogP contribution in [0.4, 0.5) is 0 Å². The first kappa shape index (κ1) is 13.5. The van der Waals surface area contributed by atoms with Crippen molar-refractivity contribution in [1.29, 1.82) is 0 Å². The van der Waals surface area contributed by atoms with E-state index in [4.69, 9.17) is 5.11 Å². The molecule has 0 aromatic heterocycles. The van der Waals surface area contributed by atoms with Crippen LogP contribution in [-0.4, -0.2) is 22.9 Å². The Morgan fingerprint density at radius 1 is 1.40 bits per heavy atom. The predicted octanol–water partition coefficient (Wildman–Crippen LogP) is 2.07. The van der Waals surface area contributed by atoms with Crippen LogP contribution in [0.5, 0.6) is 5.75 Å². The van der Waals surface area contributed by atoms with Gasteiger partial charge in [0.25, 0.3) is 0 Å². The topological polar surface area (TPSA) is 52.5 Å². The fourth-order valence-electron chi connectivity index (χ4n) is 1.17. The van der Waals surface area contributed by atoms with E-state index >= 15 is 0 Å². The third-order valence-electron chi connectivity index (χ3n) is 1.86. The molecule has 3 nitrogen and oxygen atoms in total. The Bertz CT molecular complexity index is 342. The van der Waals surface area contributed by atoms with Gasteiger partial charge in [0.1, 0.15) is 5.75 Å². The average Bonchev–Trinajstić information content (AvgIpc) is 2.12. The molecule has 3 N–H and O–H groups in total. The molecule has 1 atom stereocenters. The molecule has 1 aromatic carbocycles. The Morgan fingerprint density at radius 2 is 2.07 bits per heavy atom. The molecule has 0 bridgehead atoms. The maximum absolute atomic E-state index is 9.77. The third kappa shape index (κ3) is 4.41. The Balaban J connectivity index is 2.68. The number of aromatic hydroxyl groups is 1. The second kappa shape index (κ2) is 6.21. The first-order valence-corrected chi connectivity index (χ1v) is 6.72. The van der Waals surface area contributed by atoms with E-state index in [0.717, 1.165) is 12.7 Å². The molecule has 0 aliphatic rings. The summed E-state index contributed by atoms with van der Waals surface area (Å²) in [5.41, 5.74) is 0.868. The number of aliphatic hydroxyl groups is 1. The van der Waals surface area contributed by atoms with Gasteiger partial charge in [-0.3, -0.25) is 0 Å². The molecular formula is C10H13I2NO2. The van der Waals surface area contributed by atoms with E-state index in [0.29, 0.717) is 18.8 Å². The highest BCUT2D eigenvalue weighted by atomic mass is 127. The monoisotopic (exact) mass is 433 g/mol. The lowest BCUT2D eigenvalue weighted by molar-refractivity contribution is 0.191. The standard InChI is InChI=1S/C10H13I2NO2/c1-6(14)4-13-5-7-2-8(11)3-9(12)10(7)15/h2-3,6,13-15H,4-5H2,1H3/t6-/m0/s1. The molecule has 0 unspecified atom stereocenters. The van der Waals surface area contributed by atoms with Crippen molar-refractivity contribution in [2.24, 2.45) is 0 Å². The number of benzene rings is 1. The van der Waals surface area contributed by atoms with Crippen molar-refractivity contribution in [3.05, 3.63) is 24.8 Å². The molecular weight excluding hydrogens is 420 g/mol. The van der Waals surface area contributed by atoms with Crippen molar-refractivity contribution in [3.8, 4) is 5.75 Å². The number of phenolic OH excluding ortho intramolecular Hbond substituents is 1. The van der Waals surface area contributed by atoms with Gasteiger partial charge in [-0.15, -0.1) is 0 Å². The van der Waals surface area contributed by atoms with E-state index < -0.39 is 0 Å². The molecule has 0 radical (unpaired) electrons. The minimum Gasteiger partial charge on any atom is -0.507 e. The van der Waals surface area contributed by atoms with Crippen LogP contribution in [0, 0.1) is 7.14 Å². The second-order valence-electron chi connectivity index (χ2n) is 3.38. The number of nitrogens with one attached hydrogen (secondary N) is 1. The fraction of sp³-hybridized carbons (Fsp3) is 0.400. The van der Waals surface area contributed by atoms with E-state index in [-0.39, 0.29) is 6.10 Å². The summed E-state index contributed by atoms with van der Waals surface area (Å²) in [6, 6.07) is 3.86. The number of aliphatic hydroxyl groups excluding tert-OH is 1. The first-order chi connectivity index (χ1) is 7.00. The van der Waals surface area contributed by atoms with Crippen molar-refractivity contribution in [3.63, 3.8) is 0 Å².